The summed E-state index contributed by atoms with van der Waals surface area (Å²) in [6.45, 7) is 4.25. The van der Waals surface area contributed by atoms with Crippen LogP contribution in [-0.2, 0) is 23.9 Å². The van der Waals surface area contributed by atoms with Crippen LogP contribution in [0, 0.1) is 11.3 Å². The number of rotatable bonds is 10. The molecule has 38 heavy (non-hydrogen) atoms. The Labute approximate surface area is 223 Å². The molecule has 0 saturated heterocycles. The molecule has 4 rings (SSSR count). The van der Waals surface area contributed by atoms with Crippen molar-refractivity contribution in [2.75, 3.05) is 5.32 Å². The van der Waals surface area contributed by atoms with Crippen LogP contribution in [0.25, 0.3) is 0 Å². The third kappa shape index (κ3) is 6.86. The standard InChI is InChI=1S/C27H27ClF3N5O2/c1-16(2)9-24-33-12-17(13-34-24)23(37)11-26(7-8-26)25(38)35-14-19-4-5-20(15-32-19)36-22-6-3-18(28)10-21(22)27(29,30)31/h3-6,10,12-13,15-16,36H,7-9,11,14H2,1-2H3,(H,35,38). The van der Waals surface area contributed by atoms with Crippen LogP contribution >= 0.6 is 11.6 Å². The number of halogens is 4. The lowest BCUT2D eigenvalue weighted by atomic mass is 9.95. The van der Waals surface area contributed by atoms with Gasteiger partial charge in [-0.05, 0) is 49.1 Å². The molecule has 2 heterocycles. The van der Waals surface area contributed by atoms with Gasteiger partial charge in [0.25, 0.3) is 0 Å². The molecule has 7 nitrogen and oxygen atoms in total. The van der Waals surface area contributed by atoms with Crippen molar-refractivity contribution in [3.63, 3.8) is 0 Å². The fourth-order valence-corrected chi connectivity index (χ4v) is 4.16. The molecule has 1 amide bonds. The molecule has 0 bridgehead atoms. The molecular formula is C27H27ClF3N5O2. The summed E-state index contributed by atoms with van der Waals surface area (Å²) in [5.74, 6) is 0.673. The fraction of sp³-hybridized carbons (Fsp3) is 0.370. The smallest absolute Gasteiger partial charge is 0.354 e. The number of hydrogen-bond donors (Lipinski definition) is 2. The molecule has 1 fully saturated rings. The number of benzene rings is 1. The van der Waals surface area contributed by atoms with Gasteiger partial charge in [0.2, 0.25) is 5.91 Å². The Kier molecular flexibility index (Phi) is 8.01. The number of carbonyl (C=O) groups is 2. The lowest BCUT2D eigenvalue weighted by Gasteiger charge is -2.16. The van der Waals surface area contributed by atoms with Crippen LogP contribution < -0.4 is 10.6 Å². The first-order valence-corrected chi connectivity index (χ1v) is 12.5. The minimum atomic E-state index is -4.57. The lowest BCUT2D eigenvalue weighted by molar-refractivity contribution is -0.137. The maximum atomic E-state index is 13.3. The van der Waals surface area contributed by atoms with E-state index in [-0.39, 0.29) is 35.4 Å². The fourth-order valence-electron chi connectivity index (χ4n) is 3.99. The van der Waals surface area contributed by atoms with Crippen molar-refractivity contribution in [1.82, 2.24) is 20.3 Å². The summed E-state index contributed by atoms with van der Waals surface area (Å²) in [6, 6.07) is 6.65. The van der Waals surface area contributed by atoms with E-state index >= 15 is 0 Å². The Morgan fingerprint density at radius 1 is 1.05 bits per heavy atom. The van der Waals surface area contributed by atoms with Crippen LogP contribution in [0.4, 0.5) is 24.5 Å². The van der Waals surface area contributed by atoms with Crippen molar-refractivity contribution in [2.45, 2.75) is 52.3 Å². The monoisotopic (exact) mass is 545 g/mol. The predicted molar refractivity (Wildman–Crippen MR) is 137 cm³/mol. The third-order valence-electron chi connectivity index (χ3n) is 6.27. The highest BCUT2D eigenvalue weighted by Gasteiger charge is 2.51. The minimum Gasteiger partial charge on any atom is -0.354 e. The number of aromatic nitrogens is 3. The van der Waals surface area contributed by atoms with Crippen molar-refractivity contribution >= 4 is 34.7 Å². The van der Waals surface area contributed by atoms with E-state index in [2.05, 4.69) is 39.4 Å². The number of ketones is 1. The number of pyridine rings is 1. The molecule has 1 aliphatic rings. The number of nitrogens with one attached hydrogen (secondary N) is 2. The largest absolute Gasteiger partial charge is 0.418 e. The first-order valence-electron chi connectivity index (χ1n) is 12.2. The van der Waals surface area contributed by atoms with Crippen LogP contribution in [0.2, 0.25) is 5.02 Å². The highest BCUT2D eigenvalue weighted by molar-refractivity contribution is 6.30. The van der Waals surface area contributed by atoms with Crippen LogP contribution in [0.3, 0.4) is 0 Å². The van der Waals surface area contributed by atoms with E-state index in [9.17, 15) is 22.8 Å². The minimum absolute atomic E-state index is 0.0184. The van der Waals surface area contributed by atoms with Gasteiger partial charge in [-0.15, -0.1) is 0 Å². The molecule has 1 saturated carbocycles. The molecule has 0 aliphatic heterocycles. The van der Waals surface area contributed by atoms with Crippen LogP contribution in [-0.4, -0.2) is 26.6 Å². The zero-order valence-electron chi connectivity index (χ0n) is 20.9. The Morgan fingerprint density at radius 3 is 2.34 bits per heavy atom. The predicted octanol–water partition coefficient (Wildman–Crippen LogP) is 6.16. The molecular weight excluding hydrogens is 519 g/mol. The summed E-state index contributed by atoms with van der Waals surface area (Å²) >= 11 is 5.72. The number of alkyl halides is 3. The summed E-state index contributed by atoms with van der Waals surface area (Å²) in [5, 5.41) is 5.51. The SMILES string of the molecule is CC(C)Cc1ncc(C(=O)CC2(C(=O)NCc3ccc(Nc4ccc(Cl)cc4C(F)(F)F)cn3)CC2)cn1. The topological polar surface area (TPSA) is 96.9 Å². The number of anilines is 2. The molecule has 3 aromatic rings. The van der Waals surface area contributed by atoms with Gasteiger partial charge >= 0.3 is 6.18 Å². The van der Waals surface area contributed by atoms with E-state index in [1.54, 1.807) is 12.1 Å². The quantitative estimate of drug-likeness (QED) is 0.296. The first-order chi connectivity index (χ1) is 17.9. The third-order valence-corrected chi connectivity index (χ3v) is 6.51. The van der Waals surface area contributed by atoms with Gasteiger partial charge in [-0.1, -0.05) is 25.4 Å². The number of nitrogens with zero attached hydrogens (tertiary/aromatic N) is 3. The molecule has 0 atom stereocenters. The van der Waals surface area contributed by atoms with Gasteiger partial charge in [0.05, 0.1) is 46.4 Å². The molecule has 0 unspecified atom stereocenters. The van der Waals surface area contributed by atoms with E-state index in [1.165, 1.54) is 30.7 Å². The maximum Gasteiger partial charge on any atom is 0.418 e. The molecule has 1 aliphatic carbocycles. The van der Waals surface area contributed by atoms with E-state index in [0.717, 1.165) is 12.5 Å². The second kappa shape index (κ2) is 11.1. The average molecular weight is 546 g/mol. The van der Waals surface area contributed by atoms with Gasteiger partial charge in [-0.3, -0.25) is 14.6 Å². The van der Waals surface area contributed by atoms with Gasteiger partial charge in [-0.25, -0.2) is 9.97 Å². The molecule has 200 valence electrons. The van der Waals surface area contributed by atoms with Gasteiger partial charge < -0.3 is 10.6 Å². The molecule has 0 spiro atoms. The summed E-state index contributed by atoms with van der Waals surface area (Å²) in [6.07, 6.45) is 1.85. The van der Waals surface area contributed by atoms with E-state index < -0.39 is 17.2 Å². The summed E-state index contributed by atoms with van der Waals surface area (Å²) in [4.78, 5) is 38.3. The summed E-state index contributed by atoms with van der Waals surface area (Å²) in [7, 11) is 0. The summed E-state index contributed by atoms with van der Waals surface area (Å²) in [5.41, 5.74) is -0.534. The number of amides is 1. The first kappa shape index (κ1) is 27.5. The Balaban J connectivity index is 1.32. The van der Waals surface area contributed by atoms with Crippen molar-refractivity contribution in [3.05, 3.63) is 76.6 Å². The zero-order valence-corrected chi connectivity index (χ0v) is 21.7. The van der Waals surface area contributed by atoms with E-state index in [1.807, 2.05) is 0 Å². The van der Waals surface area contributed by atoms with Crippen molar-refractivity contribution in [1.29, 1.82) is 0 Å². The average Bonchev–Trinajstić information content (AvgIpc) is 3.64. The van der Waals surface area contributed by atoms with E-state index in [4.69, 9.17) is 11.6 Å². The zero-order chi connectivity index (χ0) is 27.5. The lowest BCUT2D eigenvalue weighted by Crippen LogP contribution is -2.33. The molecule has 0 radical (unpaired) electrons. The Hall–Kier alpha value is -3.53. The second-order valence-electron chi connectivity index (χ2n) is 9.90. The van der Waals surface area contributed by atoms with Crippen LogP contribution in [0.1, 0.15) is 60.5 Å². The molecule has 2 aromatic heterocycles. The highest BCUT2D eigenvalue weighted by atomic mass is 35.5. The van der Waals surface area contributed by atoms with Crippen LogP contribution in [0.5, 0.6) is 0 Å². The van der Waals surface area contributed by atoms with Crippen molar-refractivity contribution in [2.24, 2.45) is 11.3 Å². The molecule has 1 aromatic carbocycles. The Bertz CT molecular complexity index is 1310. The second-order valence-corrected chi connectivity index (χ2v) is 10.3. The van der Waals surface area contributed by atoms with Crippen molar-refractivity contribution < 1.29 is 22.8 Å². The number of hydrogen-bond acceptors (Lipinski definition) is 6. The van der Waals surface area contributed by atoms with Gasteiger partial charge in [0.15, 0.2) is 5.78 Å². The summed E-state index contributed by atoms with van der Waals surface area (Å²) < 4.78 is 40.0. The van der Waals surface area contributed by atoms with Gasteiger partial charge in [-0.2, -0.15) is 13.2 Å². The van der Waals surface area contributed by atoms with Crippen molar-refractivity contribution in [3.8, 4) is 0 Å². The van der Waals surface area contributed by atoms with E-state index in [0.29, 0.717) is 41.5 Å². The number of Topliss-reactive ketones (excluding diaryl/α,β-unsaturated/α-hetero) is 1. The highest BCUT2D eigenvalue weighted by Crippen LogP contribution is 2.49. The van der Waals surface area contributed by atoms with Gasteiger partial charge in [0.1, 0.15) is 5.82 Å². The maximum absolute atomic E-state index is 13.3. The molecule has 11 heteroatoms. The normalized spacial score (nSPS) is 14.3. The van der Waals surface area contributed by atoms with Gasteiger partial charge in [0, 0.05) is 30.3 Å². The van der Waals surface area contributed by atoms with Crippen LogP contribution in [0.15, 0.2) is 48.9 Å². The number of carbonyl (C=O) groups excluding carboxylic acids is 2. The Morgan fingerprint density at radius 2 is 1.76 bits per heavy atom. The molecule has 2 N–H and O–H groups in total.